The van der Waals surface area contributed by atoms with Gasteiger partial charge in [-0.2, -0.15) is 15.4 Å². The van der Waals surface area contributed by atoms with Gasteiger partial charge in [-0.1, -0.05) is 44.2 Å². The van der Waals surface area contributed by atoms with Crippen LogP contribution in [0.1, 0.15) is 36.2 Å². The number of amides is 1. The Hall–Kier alpha value is -2.96. The van der Waals surface area contributed by atoms with Crippen molar-refractivity contribution >= 4 is 5.91 Å². The van der Waals surface area contributed by atoms with Crippen LogP contribution in [0.3, 0.4) is 0 Å². The van der Waals surface area contributed by atoms with E-state index < -0.39 is 0 Å². The number of imidazole rings is 1. The predicted octanol–water partition coefficient (Wildman–Crippen LogP) is 2.43. The summed E-state index contributed by atoms with van der Waals surface area (Å²) in [6, 6.07) is 9.53. The van der Waals surface area contributed by atoms with Gasteiger partial charge < -0.3 is 9.47 Å². The molecule has 2 aromatic heterocycles. The van der Waals surface area contributed by atoms with Crippen LogP contribution < -0.4 is 0 Å². The first-order chi connectivity index (χ1) is 12.0. The number of nitrogens with zero attached hydrogens (tertiary/aromatic N) is 5. The van der Waals surface area contributed by atoms with Crippen molar-refractivity contribution in [3.63, 3.8) is 0 Å². The molecule has 1 atom stereocenters. The van der Waals surface area contributed by atoms with E-state index in [1.807, 2.05) is 53.0 Å². The molecule has 128 valence electrons. The Bertz CT molecular complexity index is 911. The quantitative estimate of drug-likeness (QED) is 0.796. The highest BCUT2D eigenvalue weighted by Gasteiger charge is 2.51. The maximum atomic E-state index is 13.2. The number of hydrogen-bond donors (Lipinski definition) is 1. The van der Waals surface area contributed by atoms with Gasteiger partial charge in [-0.05, 0) is 0 Å². The normalized spacial score (nSPS) is 18.8. The Balaban J connectivity index is 1.69. The van der Waals surface area contributed by atoms with Crippen molar-refractivity contribution in [2.24, 2.45) is 12.5 Å². The highest BCUT2D eigenvalue weighted by Crippen LogP contribution is 2.48. The standard InChI is InChI=1S/C18H20N6O/c1-18(2)11-24(15(18)16-19-9-10-23(16)3)17(25)14-13(20-22-21-14)12-7-5-4-6-8-12/h4-10,15H,11H2,1-3H3,(H,20,21,22). The molecule has 7 heteroatoms. The van der Waals surface area contributed by atoms with Crippen molar-refractivity contribution in [2.75, 3.05) is 6.54 Å². The molecule has 1 amide bonds. The Morgan fingerprint density at radius 1 is 1.24 bits per heavy atom. The van der Waals surface area contributed by atoms with Crippen LogP contribution in [-0.2, 0) is 7.05 Å². The summed E-state index contributed by atoms with van der Waals surface area (Å²) in [6.07, 6.45) is 3.66. The average molecular weight is 336 g/mol. The third-order valence-electron chi connectivity index (χ3n) is 4.79. The van der Waals surface area contributed by atoms with Gasteiger partial charge in [0.2, 0.25) is 0 Å². The van der Waals surface area contributed by atoms with E-state index >= 15 is 0 Å². The minimum Gasteiger partial charge on any atom is -0.336 e. The van der Waals surface area contributed by atoms with E-state index in [1.165, 1.54) is 0 Å². The number of benzene rings is 1. The number of nitrogens with one attached hydrogen (secondary N) is 1. The summed E-state index contributed by atoms with van der Waals surface area (Å²) in [6.45, 7) is 4.96. The number of carbonyl (C=O) groups is 1. The lowest BCUT2D eigenvalue weighted by atomic mass is 9.74. The molecule has 3 aromatic rings. The molecule has 1 aromatic carbocycles. The summed E-state index contributed by atoms with van der Waals surface area (Å²) in [7, 11) is 1.95. The fourth-order valence-corrected chi connectivity index (χ4v) is 3.56. The van der Waals surface area contributed by atoms with E-state index in [0.717, 1.165) is 11.4 Å². The summed E-state index contributed by atoms with van der Waals surface area (Å²) in [5, 5.41) is 10.9. The molecule has 1 aliphatic rings. The fourth-order valence-electron chi connectivity index (χ4n) is 3.56. The molecule has 1 saturated heterocycles. The van der Waals surface area contributed by atoms with Crippen molar-refractivity contribution in [1.29, 1.82) is 0 Å². The lowest BCUT2D eigenvalue weighted by Crippen LogP contribution is -2.58. The van der Waals surface area contributed by atoms with Crippen molar-refractivity contribution in [3.05, 3.63) is 54.2 Å². The van der Waals surface area contributed by atoms with Gasteiger partial charge in [-0.15, -0.1) is 0 Å². The lowest BCUT2D eigenvalue weighted by Gasteiger charge is -2.53. The van der Waals surface area contributed by atoms with Gasteiger partial charge in [0, 0.05) is 37.0 Å². The van der Waals surface area contributed by atoms with Crippen LogP contribution in [-0.4, -0.2) is 42.3 Å². The van der Waals surface area contributed by atoms with Crippen molar-refractivity contribution in [2.45, 2.75) is 19.9 Å². The van der Waals surface area contributed by atoms with E-state index in [0.29, 0.717) is 17.9 Å². The first-order valence-corrected chi connectivity index (χ1v) is 8.23. The summed E-state index contributed by atoms with van der Waals surface area (Å²) in [5.74, 6) is 0.759. The highest BCUT2D eigenvalue weighted by atomic mass is 16.2. The van der Waals surface area contributed by atoms with E-state index in [4.69, 9.17) is 0 Å². The van der Waals surface area contributed by atoms with E-state index in [1.54, 1.807) is 6.20 Å². The van der Waals surface area contributed by atoms with Crippen LogP contribution in [0.25, 0.3) is 11.3 Å². The Kier molecular flexibility index (Phi) is 3.45. The summed E-state index contributed by atoms with van der Waals surface area (Å²) < 4.78 is 1.97. The first-order valence-electron chi connectivity index (χ1n) is 8.23. The molecule has 0 radical (unpaired) electrons. The second kappa shape index (κ2) is 5.54. The summed E-state index contributed by atoms with van der Waals surface area (Å²) in [4.78, 5) is 19.4. The largest absolute Gasteiger partial charge is 0.336 e. The van der Waals surface area contributed by atoms with Gasteiger partial charge >= 0.3 is 0 Å². The molecule has 1 aliphatic heterocycles. The van der Waals surface area contributed by atoms with Crippen LogP contribution in [0.5, 0.6) is 0 Å². The molecule has 0 aliphatic carbocycles. The molecule has 0 bridgehead atoms. The zero-order chi connectivity index (χ0) is 17.6. The van der Waals surface area contributed by atoms with E-state index in [9.17, 15) is 4.79 Å². The lowest BCUT2D eigenvalue weighted by molar-refractivity contribution is -0.0378. The third kappa shape index (κ3) is 2.43. The van der Waals surface area contributed by atoms with Crippen molar-refractivity contribution in [3.8, 4) is 11.3 Å². The average Bonchev–Trinajstić information content (AvgIpc) is 3.23. The number of rotatable bonds is 3. The molecule has 4 rings (SSSR count). The molecule has 0 saturated carbocycles. The number of H-pyrrole nitrogens is 1. The molecule has 0 spiro atoms. The zero-order valence-corrected chi connectivity index (χ0v) is 14.5. The number of likely N-dealkylation sites (tertiary alicyclic amines) is 1. The smallest absolute Gasteiger partial charge is 0.277 e. The summed E-state index contributed by atoms with van der Waals surface area (Å²) in [5.41, 5.74) is 1.76. The zero-order valence-electron chi connectivity index (χ0n) is 14.5. The van der Waals surface area contributed by atoms with Crippen LogP contribution in [0, 0.1) is 5.41 Å². The molecule has 1 fully saturated rings. The van der Waals surface area contributed by atoms with Gasteiger partial charge in [-0.25, -0.2) is 4.98 Å². The first kappa shape index (κ1) is 15.6. The number of hydrogen-bond acceptors (Lipinski definition) is 4. The topological polar surface area (TPSA) is 79.7 Å². The van der Waals surface area contributed by atoms with Gasteiger partial charge in [0.05, 0.1) is 6.04 Å². The highest BCUT2D eigenvalue weighted by molar-refractivity contribution is 5.98. The molecule has 7 nitrogen and oxygen atoms in total. The molecule has 3 heterocycles. The second-order valence-corrected chi connectivity index (χ2v) is 7.11. The SMILES string of the molecule is Cn1ccnc1C1N(C(=O)c2n[nH]nc2-c2ccccc2)CC1(C)C. The van der Waals surface area contributed by atoms with Crippen LogP contribution in [0.15, 0.2) is 42.7 Å². The van der Waals surface area contributed by atoms with Gasteiger partial charge in [0.1, 0.15) is 11.5 Å². The number of aryl methyl sites for hydroxylation is 1. The monoisotopic (exact) mass is 336 g/mol. The minimum absolute atomic E-state index is 0.0363. The fraction of sp³-hybridized carbons (Fsp3) is 0.333. The van der Waals surface area contributed by atoms with Gasteiger partial charge in [-0.3, -0.25) is 4.79 Å². The van der Waals surface area contributed by atoms with Crippen LogP contribution in [0.2, 0.25) is 0 Å². The molecular weight excluding hydrogens is 316 g/mol. The second-order valence-electron chi connectivity index (χ2n) is 7.11. The predicted molar refractivity (Wildman–Crippen MR) is 92.6 cm³/mol. The molecule has 1 unspecified atom stereocenters. The van der Waals surface area contributed by atoms with Crippen LogP contribution in [0.4, 0.5) is 0 Å². The molecule has 1 N–H and O–H groups in total. The molecular formula is C18H20N6O. The minimum atomic E-state index is -0.125. The summed E-state index contributed by atoms with van der Waals surface area (Å²) >= 11 is 0. The molecule has 25 heavy (non-hydrogen) atoms. The van der Waals surface area contributed by atoms with Crippen LogP contribution >= 0.6 is 0 Å². The van der Waals surface area contributed by atoms with Gasteiger partial charge in [0.25, 0.3) is 5.91 Å². The van der Waals surface area contributed by atoms with Gasteiger partial charge in [0.15, 0.2) is 5.69 Å². The maximum absolute atomic E-state index is 13.2. The van der Waals surface area contributed by atoms with E-state index in [-0.39, 0.29) is 17.4 Å². The third-order valence-corrected chi connectivity index (χ3v) is 4.79. The van der Waals surface area contributed by atoms with E-state index in [2.05, 4.69) is 34.2 Å². The number of aromatic amines is 1. The Labute approximate surface area is 145 Å². The number of carbonyl (C=O) groups excluding carboxylic acids is 1. The van der Waals surface area contributed by atoms with Crippen molar-refractivity contribution in [1.82, 2.24) is 29.9 Å². The van der Waals surface area contributed by atoms with Crippen molar-refractivity contribution < 1.29 is 4.79 Å². The Morgan fingerprint density at radius 2 is 2.00 bits per heavy atom. The Morgan fingerprint density at radius 3 is 2.64 bits per heavy atom. The maximum Gasteiger partial charge on any atom is 0.277 e. The number of aromatic nitrogens is 5.